The van der Waals surface area contributed by atoms with Crippen molar-refractivity contribution in [3.8, 4) is 5.75 Å². The largest absolute Gasteiger partial charge is 0.494 e. The highest BCUT2D eigenvalue weighted by atomic mass is 32.2. The summed E-state index contributed by atoms with van der Waals surface area (Å²) >= 11 is 1.71. The molecule has 6 heteroatoms. The van der Waals surface area contributed by atoms with Gasteiger partial charge in [0.25, 0.3) is 5.91 Å². The van der Waals surface area contributed by atoms with Crippen molar-refractivity contribution in [2.24, 2.45) is 5.73 Å². The number of guanidine groups is 1. The number of amides is 1. The van der Waals surface area contributed by atoms with Crippen LogP contribution >= 0.6 is 11.8 Å². The minimum absolute atomic E-state index is 0.237. The molecule has 0 spiro atoms. The van der Waals surface area contributed by atoms with E-state index in [4.69, 9.17) is 15.9 Å². The fraction of sp³-hybridized carbons (Fsp3) is 0.263. The van der Waals surface area contributed by atoms with Crippen LogP contribution in [0.5, 0.6) is 5.75 Å². The number of carbonyl (C=O) groups is 1. The Labute approximate surface area is 152 Å². The van der Waals surface area contributed by atoms with Crippen molar-refractivity contribution < 1.29 is 9.53 Å². The highest BCUT2D eigenvalue weighted by molar-refractivity contribution is 7.98. The molecular weight excluding hydrogens is 334 g/mol. The zero-order chi connectivity index (χ0) is 18.1. The van der Waals surface area contributed by atoms with Crippen LogP contribution in [0.1, 0.15) is 22.8 Å². The van der Waals surface area contributed by atoms with Crippen LogP contribution in [0.3, 0.4) is 0 Å². The molecule has 0 aliphatic carbocycles. The van der Waals surface area contributed by atoms with Gasteiger partial charge in [0.15, 0.2) is 5.96 Å². The van der Waals surface area contributed by atoms with Crippen molar-refractivity contribution in [1.29, 1.82) is 5.41 Å². The van der Waals surface area contributed by atoms with Crippen molar-refractivity contribution in [3.63, 3.8) is 0 Å². The summed E-state index contributed by atoms with van der Waals surface area (Å²) in [6, 6.07) is 17.0. The molecule has 132 valence electrons. The van der Waals surface area contributed by atoms with E-state index >= 15 is 0 Å². The first kappa shape index (κ1) is 18.9. The van der Waals surface area contributed by atoms with Crippen LogP contribution in [0.4, 0.5) is 0 Å². The van der Waals surface area contributed by atoms with E-state index in [9.17, 15) is 4.79 Å². The van der Waals surface area contributed by atoms with E-state index in [1.807, 2.05) is 25.1 Å². The molecule has 25 heavy (non-hydrogen) atoms. The number of nitrogens with one attached hydrogen (secondary N) is 1. The molecule has 5 nitrogen and oxygen atoms in total. The van der Waals surface area contributed by atoms with Gasteiger partial charge in [-0.25, -0.2) is 0 Å². The van der Waals surface area contributed by atoms with Crippen LogP contribution < -0.4 is 10.5 Å². The number of hydrogen-bond acceptors (Lipinski definition) is 4. The van der Waals surface area contributed by atoms with Crippen molar-refractivity contribution in [1.82, 2.24) is 4.90 Å². The van der Waals surface area contributed by atoms with Crippen LogP contribution in [0, 0.1) is 5.41 Å². The van der Waals surface area contributed by atoms with Crippen molar-refractivity contribution in [2.75, 3.05) is 18.9 Å². The first-order valence-electron chi connectivity index (χ1n) is 8.12. The van der Waals surface area contributed by atoms with E-state index in [0.29, 0.717) is 30.2 Å². The van der Waals surface area contributed by atoms with Gasteiger partial charge in [0, 0.05) is 23.6 Å². The van der Waals surface area contributed by atoms with E-state index in [0.717, 1.165) is 5.75 Å². The Kier molecular flexibility index (Phi) is 7.35. The fourth-order valence-electron chi connectivity index (χ4n) is 2.27. The van der Waals surface area contributed by atoms with Gasteiger partial charge in [0.05, 0.1) is 6.61 Å². The third-order valence-electron chi connectivity index (χ3n) is 3.52. The molecule has 0 saturated carbocycles. The normalized spacial score (nSPS) is 10.3. The third kappa shape index (κ3) is 5.83. The highest BCUT2D eigenvalue weighted by Gasteiger charge is 2.18. The van der Waals surface area contributed by atoms with Gasteiger partial charge in [-0.05, 0) is 36.8 Å². The van der Waals surface area contributed by atoms with Crippen LogP contribution in [-0.4, -0.2) is 35.7 Å². The molecule has 2 aromatic carbocycles. The van der Waals surface area contributed by atoms with Crippen molar-refractivity contribution in [3.05, 3.63) is 65.7 Å². The molecule has 3 N–H and O–H groups in total. The Morgan fingerprint density at radius 3 is 2.44 bits per heavy atom. The number of rotatable bonds is 8. The van der Waals surface area contributed by atoms with Gasteiger partial charge in [-0.3, -0.25) is 15.1 Å². The standard InChI is InChI=1S/C19H23N3O2S/c1-2-24-17-10-8-16(9-11-17)18(23)22(19(20)21)12-13-25-14-15-6-4-3-5-7-15/h3-11H,2,12-14H2,1H3,(H3,20,21). The third-order valence-corrected chi connectivity index (χ3v) is 4.53. The predicted octanol–water partition coefficient (Wildman–Crippen LogP) is 3.35. The SMILES string of the molecule is CCOc1ccc(C(=O)N(CCSCc2ccccc2)C(=N)N)cc1. The maximum atomic E-state index is 12.6. The lowest BCUT2D eigenvalue weighted by Gasteiger charge is -2.20. The molecule has 1 amide bonds. The molecule has 0 aromatic heterocycles. The average molecular weight is 357 g/mol. The molecular formula is C19H23N3O2S. The molecule has 0 saturated heterocycles. The first-order valence-corrected chi connectivity index (χ1v) is 9.27. The van der Waals surface area contributed by atoms with Gasteiger partial charge in [-0.1, -0.05) is 30.3 Å². The molecule has 2 rings (SSSR count). The summed E-state index contributed by atoms with van der Waals surface area (Å²) in [5, 5.41) is 7.69. The summed E-state index contributed by atoms with van der Waals surface area (Å²) in [6.07, 6.45) is 0. The number of thioether (sulfide) groups is 1. The lowest BCUT2D eigenvalue weighted by molar-refractivity contribution is 0.0851. The Morgan fingerprint density at radius 1 is 1.16 bits per heavy atom. The molecule has 0 fully saturated rings. The zero-order valence-corrected chi connectivity index (χ0v) is 15.1. The summed E-state index contributed by atoms with van der Waals surface area (Å²) in [6.45, 7) is 2.88. The Balaban J connectivity index is 1.90. The molecule has 0 aliphatic heterocycles. The Bertz CT molecular complexity index is 690. The van der Waals surface area contributed by atoms with Gasteiger partial charge in [0.1, 0.15) is 5.75 Å². The van der Waals surface area contributed by atoms with Gasteiger partial charge in [-0.2, -0.15) is 11.8 Å². The average Bonchev–Trinajstić information content (AvgIpc) is 2.63. The molecule has 0 atom stereocenters. The van der Waals surface area contributed by atoms with Crippen LogP contribution in [0.2, 0.25) is 0 Å². The number of nitrogens with zero attached hydrogens (tertiary/aromatic N) is 1. The fourth-order valence-corrected chi connectivity index (χ4v) is 3.15. The van der Waals surface area contributed by atoms with Crippen LogP contribution in [-0.2, 0) is 5.75 Å². The lowest BCUT2D eigenvalue weighted by Crippen LogP contribution is -2.42. The lowest BCUT2D eigenvalue weighted by atomic mass is 10.2. The number of carbonyl (C=O) groups excluding carboxylic acids is 1. The second-order valence-electron chi connectivity index (χ2n) is 5.34. The summed E-state index contributed by atoms with van der Waals surface area (Å²) in [7, 11) is 0. The number of benzene rings is 2. The maximum absolute atomic E-state index is 12.6. The zero-order valence-electron chi connectivity index (χ0n) is 14.3. The quantitative estimate of drug-likeness (QED) is 0.431. The van der Waals surface area contributed by atoms with Gasteiger partial charge in [-0.15, -0.1) is 0 Å². The van der Waals surface area contributed by atoms with E-state index in [1.165, 1.54) is 10.5 Å². The van der Waals surface area contributed by atoms with Crippen molar-refractivity contribution in [2.45, 2.75) is 12.7 Å². The number of nitrogens with two attached hydrogens (primary N) is 1. The summed E-state index contributed by atoms with van der Waals surface area (Å²) in [5.41, 5.74) is 7.33. The smallest absolute Gasteiger partial charge is 0.260 e. The van der Waals surface area contributed by atoms with Crippen LogP contribution in [0.15, 0.2) is 54.6 Å². The summed E-state index contributed by atoms with van der Waals surface area (Å²) in [4.78, 5) is 13.9. The molecule has 0 radical (unpaired) electrons. The number of hydrogen-bond donors (Lipinski definition) is 2. The predicted molar refractivity (Wildman–Crippen MR) is 103 cm³/mol. The second kappa shape index (κ2) is 9.74. The minimum Gasteiger partial charge on any atom is -0.494 e. The summed E-state index contributed by atoms with van der Waals surface area (Å²) < 4.78 is 5.37. The number of ether oxygens (including phenoxy) is 1. The minimum atomic E-state index is -0.268. The highest BCUT2D eigenvalue weighted by Crippen LogP contribution is 2.15. The Morgan fingerprint density at radius 2 is 1.84 bits per heavy atom. The Hall–Kier alpha value is -2.47. The van der Waals surface area contributed by atoms with E-state index in [-0.39, 0.29) is 11.9 Å². The monoisotopic (exact) mass is 357 g/mol. The van der Waals surface area contributed by atoms with E-state index in [2.05, 4.69) is 12.1 Å². The molecule has 2 aromatic rings. The molecule has 0 unspecified atom stereocenters. The van der Waals surface area contributed by atoms with Crippen molar-refractivity contribution >= 4 is 23.6 Å². The van der Waals surface area contributed by atoms with Crippen LogP contribution in [0.25, 0.3) is 0 Å². The van der Waals surface area contributed by atoms with E-state index < -0.39 is 0 Å². The van der Waals surface area contributed by atoms with Gasteiger partial charge in [0.2, 0.25) is 0 Å². The molecule has 0 aliphatic rings. The molecule has 0 heterocycles. The maximum Gasteiger partial charge on any atom is 0.260 e. The van der Waals surface area contributed by atoms with Gasteiger partial charge < -0.3 is 10.5 Å². The van der Waals surface area contributed by atoms with Gasteiger partial charge >= 0.3 is 0 Å². The second-order valence-corrected chi connectivity index (χ2v) is 6.44. The van der Waals surface area contributed by atoms with E-state index in [1.54, 1.807) is 36.0 Å². The topological polar surface area (TPSA) is 79.4 Å². The summed E-state index contributed by atoms with van der Waals surface area (Å²) in [5.74, 6) is 1.78. The first-order chi connectivity index (χ1) is 12.1. The molecule has 0 bridgehead atoms.